The summed E-state index contributed by atoms with van der Waals surface area (Å²) >= 11 is 6.02. The molecule has 0 heterocycles. The lowest BCUT2D eigenvalue weighted by atomic mass is 10.2. The molecule has 0 bridgehead atoms. The normalized spacial score (nSPS) is 10.7. The number of nitrogens with two attached hydrogens (primary N) is 1. The summed E-state index contributed by atoms with van der Waals surface area (Å²) in [6, 6.07) is 9.48. The van der Waals surface area contributed by atoms with Gasteiger partial charge in [-0.2, -0.15) is 0 Å². The average Bonchev–Trinajstić information content (AvgIpc) is 2.38. The molecule has 2 rings (SSSR count). The lowest BCUT2D eigenvalue weighted by molar-refractivity contribution is 0.244. The first kappa shape index (κ1) is 14.5. The van der Waals surface area contributed by atoms with Crippen LogP contribution in [0.4, 0.5) is 21.5 Å². The minimum atomic E-state index is -0.370. The molecule has 20 heavy (non-hydrogen) atoms. The predicted molar refractivity (Wildman–Crippen MR) is 81.3 cm³/mol. The van der Waals surface area contributed by atoms with E-state index in [-0.39, 0.29) is 11.9 Å². The Labute approximate surface area is 122 Å². The topological polar surface area (TPSA) is 47.3 Å². The van der Waals surface area contributed by atoms with E-state index in [0.29, 0.717) is 27.8 Å². The maximum absolute atomic E-state index is 13.2. The Kier molecular flexibility index (Phi) is 4.35. The predicted octanol–water partition coefficient (Wildman–Crippen LogP) is 4.59. The van der Waals surface area contributed by atoms with Crippen LogP contribution in [0.25, 0.3) is 0 Å². The molecule has 0 aliphatic rings. The van der Waals surface area contributed by atoms with E-state index in [9.17, 15) is 4.39 Å². The van der Waals surface area contributed by atoms with Crippen LogP contribution in [0.1, 0.15) is 13.8 Å². The smallest absolute Gasteiger partial charge is 0.144 e. The van der Waals surface area contributed by atoms with Gasteiger partial charge in [-0.25, -0.2) is 4.39 Å². The second-order valence-electron chi connectivity index (χ2n) is 4.63. The maximum atomic E-state index is 13.2. The summed E-state index contributed by atoms with van der Waals surface area (Å²) in [5, 5.41) is 3.44. The number of halogens is 2. The van der Waals surface area contributed by atoms with Crippen LogP contribution in [0.15, 0.2) is 36.4 Å². The SMILES string of the molecule is CC(C)Oc1cccc(Nc2cc(F)ccc2Cl)c1N. The molecule has 0 saturated heterocycles. The molecule has 3 N–H and O–H groups in total. The van der Waals surface area contributed by atoms with Gasteiger partial charge in [-0.05, 0) is 44.2 Å². The second kappa shape index (κ2) is 6.01. The van der Waals surface area contributed by atoms with Gasteiger partial charge in [-0.1, -0.05) is 17.7 Å². The van der Waals surface area contributed by atoms with Gasteiger partial charge in [0.2, 0.25) is 0 Å². The number of benzene rings is 2. The van der Waals surface area contributed by atoms with Crippen molar-refractivity contribution < 1.29 is 9.13 Å². The van der Waals surface area contributed by atoms with Crippen molar-refractivity contribution in [2.75, 3.05) is 11.1 Å². The van der Waals surface area contributed by atoms with Gasteiger partial charge in [0, 0.05) is 0 Å². The molecule has 3 nitrogen and oxygen atoms in total. The molecule has 0 aliphatic heterocycles. The quantitative estimate of drug-likeness (QED) is 0.811. The molecular formula is C15H16ClFN2O. The molecule has 0 aliphatic carbocycles. The fourth-order valence-corrected chi connectivity index (χ4v) is 1.91. The Morgan fingerprint density at radius 1 is 1.20 bits per heavy atom. The van der Waals surface area contributed by atoms with Crippen molar-refractivity contribution in [3.05, 3.63) is 47.2 Å². The molecule has 0 fully saturated rings. The fraction of sp³-hybridized carbons (Fsp3) is 0.200. The van der Waals surface area contributed by atoms with E-state index in [1.807, 2.05) is 19.9 Å². The van der Waals surface area contributed by atoms with E-state index in [2.05, 4.69) is 5.32 Å². The minimum Gasteiger partial charge on any atom is -0.489 e. The zero-order valence-electron chi connectivity index (χ0n) is 11.3. The number of rotatable bonds is 4. The second-order valence-corrected chi connectivity index (χ2v) is 5.04. The van der Waals surface area contributed by atoms with Gasteiger partial charge >= 0.3 is 0 Å². The van der Waals surface area contributed by atoms with Crippen LogP contribution in [0.5, 0.6) is 5.75 Å². The van der Waals surface area contributed by atoms with E-state index in [4.69, 9.17) is 22.1 Å². The number of para-hydroxylation sites is 1. The van der Waals surface area contributed by atoms with Gasteiger partial charge in [0.05, 0.1) is 28.2 Å². The summed E-state index contributed by atoms with van der Waals surface area (Å²) in [6.07, 6.45) is 0.0188. The van der Waals surface area contributed by atoms with E-state index in [1.54, 1.807) is 12.1 Å². The van der Waals surface area contributed by atoms with Gasteiger partial charge in [-0.15, -0.1) is 0 Å². The molecule has 0 spiro atoms. The highest BCUT2D eigenvalue weighted by molar-refractivity contribution is 6.33. The van der Waals surface area contributed by atoms with Crippen LogP contribution in [0.2, 0.25) is 5.02 Å². The van der Waals surface area contributed by atoms with Crippen molar-refractivity contribution in [2.24, 2.45) is 0 Å². The van der Waals surface area contributed by atoms with E-state index in [1.165, 1.54) is 18.2 Å². The van der Waals surface area contributed by atoms with Gasteiger partial charge in [-0.3, -0.25) is 0 Å². The number of nitrogen functional groups attached to an aromatic ring is 1. The molecular weight excluding hydrogens is 279 g/mol. The maximum Gasteiger partial charge on any atom is 0.144 e. The fourth-order valence-electron chi connectivity index (χ4n) is 1.75. The molecule has 2 aromatic carbocycles. The van der Waals surface area contributed by atoms with Crippen molar-refractivity contribution in [2.45, 2.75) is 20.0 Å². The van der Waals surface area contributed by atoms with Crippen molar-refractivity contribution in [1.29, 1.82) is 0 Å². The molecule has 0 aromatic heterocycles. The number of anilines is 3. The molecule has 106 valence electrons. The standard InChI is InChI=1S/C15H16ClFN2O/c1-9(2)20-14-5-3-4-12(15(14)18)19-13-8-10(17)6-7-11(13)16/h3-9,19H,18H2,1-2H3. The number of nitrogens with one attached hydrogen (secondary N) is 1. The summed E-state index contributed by atoms with van der Waals surface area (Å²) in [5.74, 6) is 0.211. The monoisotopic (exact) mass is 294 g/mol. The van der Waals surface area contributed by atoms with Crippen LogP contribution in [-0.4, -0.2) is 6.10 Å². The third-order valence-corrected chi connectivity index (χ3v) is 2.96. The van der Waals surface area contributed by atoms with Crippen molar-refractivity contribution in [1.82, 2.24) is 0 Å². The molecule has 0 saturated carbocycles. The average molecular weight is 295 g/mol. The third-order valence-electron chi connectivity index (χ3n) is 2.63. The van der Waals surface area contributed by atoms with Crippen molar-refractivity contribution >= 4 is 28.7 Å². The molecule has 0 amide bonds. The highest BCUT2D eigenvalue weighted by Gasteiger charge is 2.09. The molecule has 5 heteroatoms. The zero-order chi connectivity index (χ0) is 14.7. The van der Waals surface area contributed by atoms with Crippen LogP contribution in [0, 0.1) is 5.82 Å². The van der Waals surface area contributed by atoms with Crippen LogP contribution in [0.3, 0.4) is 0 Å². The first-order valence-corrected chi connectivity index (χ1v) is 6.62. The lowest BCUT2D eigenvalue weighted by Crippen LogP contribution is -2.08. The number of hydrogen-bond acceptors (Lipinski definition) is 3. The van der Waals surface area contributed by atoms with Crippen molar-refractivity contribution in [3.8, 4) is 5.75 Å². The Morgan fingerprint density at radius 3 is 2.65 bits per heavy atom. The minimum absolute atomic E-state index is 0.0188. The Morgan fingerprint density at radius 2 is 1.95 bits per heavy atom. The van der Waals surface area contributed by atoms with E-state index in [0.717, 1.165) is 0 Å². The highest BCUT2D eigenvalue weighted by Crippen LogP contribution is 2.34. The summed E-state index contributed by atoms with van der Waals surface area (Å²) in [7, 11) is 0. The lowest BCUT2D eigenvalue weighted by Gasteiger charge is -2.16. The van der Waals surface area contributed by atoms with E-state index < -0.39 is 0 Å². The third kappa shape index (κ3) is 3.33. The largest absolute Gasteiger partial charge is 0.489 e. The van der Waals surface area contributed by atoms with Crippen LogP contribution >= 0.6 is 11.6 Å². The van der Waals surface area contributed by atoms with Crippen molar-refractivity contribution in [3.63, 3.8) is 0 Å². The zero-order valence-corrected chi connectivity index (χ0v) is 12.0. The summed E-state index contributed by atoms with van der Waals surface area (Å²) in [6.45, 7) is 3.84. The van der Waals surface area contributed by atoms with Gasteiger partial charge in [0.15, 0.2) is 0 Å². The Hall–Kier alpha value is -1.94. The Balaban J connectivity index is 2.32. The number of hydrogen-bond donors (Lipinski definition) is 2. The first-order chi connectivity index (χ1) is 9.47. The van der Waals surface area contributed by atoms with Crippen LogP contribution < -0.4 is 15.8 Å². The highest BCUT2D eigenvalue weighted by atomic mass is 35.5. The van der Waals surface area contributed by atoms with E-state index >= 15 is 0 Å². The molecule has 0 atom stereocenters. The summed E-state index contributed by atoms with van der Waals surface area (Å²) in [5.41, 5.74) is 7.58. The Bertz CT molecular complexity index is 617. The molecule has 0 unspecified atom stereocenters. The van der Waals surface area contributed by atoms with Gasteiger partial charge in [0.25, 0.3) is 0 Å². The summed E-state index contributed by atoms with van der Waals surface area (Å²) < 4.78 is 18.9. The molecule has 2 aromatic rings. The first-order valence-electron chi connectivity index (χ1n) is 6.24. The van der Waals surface area contributed by atoms with Gasteiger partial charge in [0.1, 0.15) is 11.6 Å². The molecule has 0 radical (unpaired) electrons. The number of ether oxygens (including phenoxy) is 1. The van der Waals surface area contributed by atoms with Gasteiger partial charge < -0.3 is 15.8 Å². The summed E-state index contributed by atoms with van der Waals surface area (Å²) in [4.78, 5) is 0. The van der Waals surface area contributed by atoms with Crippen LogP contribution in [-0.2, 0) is 0 Å².